The van der Waals surface area contributed by atoms with Crippen LogP contribution in [0.25, 0.3) is 6.08 Å². The molecular formula is C32H25IN2O5. The second-order valence-electron chi connectivity index (χ2n) is 8.83. The van der Waals surface area contributed by atoms with Crippen molar-refractivity contribution >= 4 is 57.9 Å². The molecule has 0 radical (unpaired) electrons. The van der Waals surface area contributed by atoms with Crippen molar-refractivity contribution < 1.29 is 23.9 Å². The van der Waals surface area contributed by atoms with Crippen LogP contribution in [0.15, 0.2) is 109 Å². The number of nitrogens with zero attached hydrogens (tertiary/aromatic N) is 2. The molecule has 0 aromatic heterocycles. The van der Waals surface area contributed by atoms with Gasteiger partial charge in [0, 0.05) is 0 Å². The van der Waals surface area contributed by atoms with Crippen molar-refractivity contribution in [3.63, 3.8) is 0 Å². The maximum absolute atomic E-state index is 13.7. The maximum atomic E-state index is 13.7. The minimum atomic E-state index is -0.737. The Morgan fingerprint density at radius 3 is 1.77 bits per heavy atom. The summed E-state index contributed by atoms with van der Waals surface area (Å²) in [6, 6.07) is 29.7. The summed E-state index contributed by atoms with van der Waals surface area (Å²) >= 11 is 2.15. The zero-order valence-corrected chi connectivity index (χ0v) is 23.8. The molecule has 5 rings (SSSR count). The van der Waals surface area contributed by atoms with Gasteiger partial charge in [0.25, 0.3) is 11.8 Å². The van der Waals surface area contributed by atoms with Crippen molar-refractivity contribution in [3.05, 3.63) is 123 Å². The molecule has 0 bridgehead atoms. The number of halogens is 1. The summed E-state index contributed by atoms with van der Waals surface area (Å²) in [5.74, 6) is -0.345. The van der Waals surface area contributed by atoms with Gasteiger partial charge in [0.2, 0.25) is 0 Å². The highest BCUT2D eigenvalue weighted by atomic mass is 127. The van der Waals surface area contributed by atoms with Gasteiger partial charge in [-0.25, -0.2) is 14.6 Å². The van der Waals surface area contributed by atoms with Crippen LogP contribution in [-0.4, -0.2) is 24.5 Å². The first-order valence-corrected chi connectivity index (χ1v) is 13.7. The maximum Gasteiger partial charge on any atom is 0.343 e. The van der Waals surface area contributed by atoms with Crippen LogP contribution in [0, 0.1) is 3.57 Å². The van der Waals surface area contributed by atoms with Crippen molar-refractivity contribution in [3.8, 4) is 11.5 Å². The molecule has 0 N–H and O–H groups in total. The van der Waals surface area contributed by atoms with E-state index in [0.717, 1.165) is 18.9 Å². The Hall–Kier alpha value is -4.44. The SMILES string of the molecule is CCOc1cc(C=C2C(=O)N(c3ccccc3)C(=O)N(c3ccccc3)C2=O)cc(I)c1OCc1ccccc1. The van der Waals surface area contributed by atoms with E-state index in [4.69, 9.17) is 9.47 Å². The average molecular weight is 644 g/mol. The Bertz CT molecular complexity index is 1510. The first kappa shape index (κ1) is 27.1. The van der Waals surface area contributed by atoms with Crippen LogP contribution in [0.5, 0.6) is 11.5 Å². The average Bonchev–Trinajstić information content (AvgIpc) is 2.97. The molecule has 4 aromatic rings. The number of hydrogen-bond donors (Lipinski definition) is 0. The molecule has 4 amide bonds. The Balaban J connectivity index is 1.56. The summed E-state index contributed by atoms with van der Waals surface area (Å²) in [5.41, 5.74) is 2.16. The molecular weight excluding hydrogens is 619 g/mol. The van der Waals surface area contributed by atoms with Gasteiger partial charge < -0.3 is 9.47 Å². The molecule has 0 unspecified atom stereocenters. The number of anilines is 2. The van der Waals surface area contributed by atoms with Crippen LogP contribution in [-0.2, 0) is 16.2 Å². The Morgan fingerprint density at radius 1 is 0.725 bits per heavy atom. The third-order valence-electron chi connectivity index (χ3n) is 6.15. The predicted octanol–water partition coefficient (Wildman–Crippen LogP) is 6.85. The minimum Gasteiger partial charge on any atom is -0.490 e. The molecule has 1 aliphatic rings. The summed E-state index contributed by atoms with van der Waals surface area (Å²) in [6.45, 7) is 2.62. The molecule has 0 spiro atoms. The van der Waals surface area contributed by atoms with E-state index in [1.54, 1.807) is 66.7 Å². The molecule has 1 heterocycles. The normalized spacial score (nSPS) is 13.4. The summed E-state index contributed by atoms with van der Waals surface area (Å²) < 4.78 is 12.7. The number of benzene rings is 4. The van der Waals surface area contributed by atoms with Gasteiger partial charge in [0.15, 0.2) is 11.5 Å². The van der Waals surface area contributed by atoms with Crippen LogP contribution in [0.1, 0.15) is 18.1 Å². The summed E-state index contributed by atoms with van der Waals surface area (Å²) in [7, 11) is 0. The van der Waals surface area contributed by atoms with Crippen molar-refractivity contribution in [2.45, 2.75) is 13.5 Å². The number of amides is 4. The highest BCUT2D eigenvalue weighted by Gasteiger charge is 2.43. The second-order valence-corrected chi connectivity index (χ2v) is 9.99. The van der Waals surface area contributed by atoms with Crippen molar-refractivity contribution in [2.24, 2.45) is 0 Å². The number of imide groups is 2. The fourth-order valence-corrected chi connectivity index (χ4v) is 5.09. The van der Waals surface area contributed by atoms with E-state index in [-0.39, 0.29) is 5.57 Å². The number of urea groups is 1. The molecule has 0 aliphatic carbocycles. The number of rotatable bonds is 8. The summed E-state index contributed by atoms with van der Waals surface area (Å²) in [6.07, 6.45) is 1.49. The topological polar surface area (TPSA) is 76.2 Å². The molecule has 8 heteroatoms. The van der Waals surface area contributed by atoms with Gasteiger partial charge in [-0.3, -0.25) is 9.59 Å². The van der Waals surface area contributed by atoms with Gasteiger partial charge >= 0.3 is 6.03 Å². The fourth-order valence-electron chi connectivity index (χ4n) is 4.31. The molecule has 7 nitrogen and oxygen atoms in total. The Morgan fingerprint density at radius 2 is 1.25 bits per heavy atom. The number of carbonyl (C=O) groups is 3. The van der Waals surface area contributed by atoms with E-state index in [2.05, 4.69) is 22.6 Å². The van der Waals surface area contributed by atoms with E-state index in [1.807, 2.05) is 43.3 Å². The number of carbonyl (C=O) groups excluding carboxylic acids is 3. The van der Waals surface area contributed by atoms with Gasteiger partial charge in [-0.15, -0.1) is 0 Å². The van der Waals surface area contributed by atoms with E-state index < -0.39 is 17.8 Å². The highest BCUT2D eigenvalue weighted by molar-refractivity contribution is 14.1. The Labute approximate surface area is 245 Å². The predicted molar refractivity (Wildman–Crippen MR) is 162 cm³/mol. The number of hydrogen-bond acceptors (Lipinski definition) is 5. The molecule has 0 saturated carbocycles. The van der Waals surface area contributed by atoms with Crippen molar-refractivity contribution in [1.29, 1.82) is 0 Å². The van der Waals surface area contributed by atoms with Crippen LogP contribution < -0.4 is 19.3 Å². The van der Waals surface area contributed by atoms with Crippen LogP contribution in [0.4, 0.5) is 16.2 Å². The molecule has 1 fully saturated rings. The third kappa shape index (κ3) is 5.62. The van der Waals surface area contributed by atoms with Crippen LogP contribution in [0.2, 0.25) is 0 Å². The van der Waals surface area contributed by atoms with E-state index in [9.17, 15) is 14.4 Å². The molecule has 40 heavy (non-hydrogen) atoms. The smallest absolute Gasteiger partial charge is 0.343 e. The molecule has 1 saturated heterocycles. The standard InChI is InChI=1S/C32H25IN2O5/c1-2-39-28-20-23(19-27(33)29(28)40-21-22-12-6-3-7-13-22)18-26-30(36)34(24-14-8-4-9-15-24)32(38)35(31(26)37)25-16-10-5-11-17-25/h3-20H,2,21H2,1H3. The molecule has 4 aromatic carbocycles. The fraction of sp³-hybridized carbons (Fsp3) is 0.0938. The first-order valence-electron chi connectivity index (χ1n) is 12.7. The van der Waals surface area contributed by atoms with E-state index >= 15 is 0 Å². The molecule has 0 atom stereocenters. The largest absolute Gasteiger partial charge is 0.490 e. The lowest BCUT2D eigenvalue weighted by atomic mass is 10.0. The molecule has 1 aliphatic heterocycles. The van der Waals surface area contributed by atoms with Gasteiger partial charge in [0.1, 0.15) is 12.2 Å². The number of para-hydroxylation sites is 2. The van der Waals surface area contributed by atoms with Gasteiger partial charge in [-0.2, -0.15) is 0 Å². The highest BCUT2D eigenvalue weighted by Crippen LogP contribution is 2.36. The minimum absolute atomic E-state index is 0.150. The summed E-state index contributed by atoms with van der Waals surface area (Å²) in [4.78, 5) is 42.9. The van der Waals surface area contributed by atoms with E-state index in [0.29, 0.717) is 41.7 Å². The monoisotopic (exact) mass is 644 g/mol. The molecule has 200 valence electrons. The zero-order chi connectivity index (χ0) is 28.1. The summed E-state index contributed by atoms with van der Waals surface area (Å²) in [5, 5.41) is 0. The lowest BCUT2D eigenvalue weighted by molar-refractivity contribution is -0.121. The second kappa shape index (κ2) is 12.2. The Kier molecular flexibility index (Phi) is 8.26. The van der Waals surface area contributed by atoms with Crippen LogP contribution >= 0.6 is 22.6 Å². The van der Waals surface area contributed by atoms with Gasteiger partial charge in [-0.05, 0) is 83.1 Å². The first-order chi connectivity index (χ1) is 19.5. The van der Waals surface area contributed by atoms with Gasteiger partial charge in [-0.1, -0.05) is 66.7 Å². The number of ether oxygens (including phenoxy) is 2. The third-order valence-corrected chi connectivity index (χ3v) is 6.95. The van der Waals surface area contributed by atoms with Crippen molar-refractivity contribution in [1.82, 2.24) is 0 Å². The van der Waals surface area contributed by atoms with Gasteiger partial charge in [0.05, 0.1) is 21.6 Å². The quantitative estimate of drug-likeness (QED) is 0.119. The van der Waals surface area contributed by atoms with Crippen molar-refractivity contribution in [2.75, 3.05) is 16.4 Å². The van der Waals surface area contributed by atoms with Crippen LogP contribution in [0.3, 0.4) is 0 Å². The number of barbiturate groups is 1. The van der Waals surface area contributed by atoms with E-state index in [1.165, 1.54) is 6.08 Å². The lowest BCUT2D eigenvalue weighted by Crippen LogP contribution is -2.57. The lowest BCUT2D eigenvalue weighted by Gasteiger charge is -2.34. The zero-order valence-electron chi connectivity index (χ0n) is 21.6.